The largest absolute Gasteiger partial charge is 0.394 e. The third kappa shape index (κ3) is 62.8. The number of carbonyl (C=O) groups excluding carboxylic acids is 1. The summed E-state index contributed by atoms with van der Waals surface area (Å²) in [5.41, 5.74) is 0. The van der Waals surface area contributed by atoms with Crippen molar-refractivity contribution in [3.8, 4) is 0 Å². The lowest BCUT2D eigenvalue weighted by molar-refractivity contribution is -0.123. The van der Waals surface area contributed by atoms with Crippen LogP contribution in [0.4, 0.5) is 0 Å². The molecule has 0 aromatic rings. The molecule has 0 saturated heterocycles. The highest BCUT2D eigenvalue weighted by Crippen LogP contribution is 2.19. The van der Waals surface area contributed by atoms with Crippen LogP contribution in [-0.2, 0) is 4.79 Å². The van der Waals surface area contributed by atoms with Gasteiger partial charge in [0.25, 0.3) is 0 Å². The van der Waals surface area contributed by atoms with Crippen molar-refractivity contribution in [3.05, 3.63) is 60.8 Å². The van der Waals surface area contributed by atoms with Crippen LogP contribution in [0.5, 0.6) is 0 Å². The summed E-state index contributed by atoms with van der Waals surface area (Å²) in [6, 6.07) is -0.622. The molecule has 4 heteroatoms. The highest BCUT2D eigenvalue weighted by Gasteiger charge is 2.18. The Morgan fingerprint density at radius 2 is 0.587 bits per heavy atom. The Morgan fingerprint density at radius 1 is 0.333 bits per heavy atom. The van der Waals surface area contributed by atoms with Crippen LogP contribution in [-0.4, -0.2) is 34.9 Å². The number of hydrogen-bond acceptors (Lipinski definition) is 3. The SMILES string of the molecule is CC/C=C\C/C=C\C/C=C\C/C=C\CCCCCCCCCCCCCCCCCCCCCCCCCCCCCCC(=O)NC(CO)C(O)/C=C/CCCCCCCCCCCCCCCCCCCCCC. The summed E-state index contributed by atoms with van der Waals surface area (Å²) in [5.74, 6) is -0.0564. The van der Waals surface area contributed by atoms with Crippen molar-refractivity contribution in [2.45, 2.75) is 379 Å². The first-order valence-corrected chi connectivity index (χ1v) is 34.0. The molecule has 0 fully saturated rings. The standard InChI is InChI=1S/C71H133NO3/c1-3-5-7-9-11-13-15-17-19-21-23-25-27-28-29-30-31-32-33-34-35-36-37-38-39-40-41-42-43-44-45-47-49-51-53-55-57-59-61-63-65-67-71(75)72-69(68-73)70(74)66-64-62-60-58-56-54-52-50-48-46-26-24-22-20-18-16-14-12-10-8-6-4-2/h5,7,11,13,17,19,23,25,64,66,69-70,73-74H,3-4,6,8-10,12,14-16,18,20-22,24,26-63,65,67-68H2,1-2H3,(H,72,75)/b7-5-,13-11-,19-17-,25-23-,66-64+. The molecule has 0 aromatic carbocycles. The van der Waals surface area contributed by atoms with E-state index in [1.807, 2.05) is 6.08 Å². The molecule has 0 rings (SSSR count). The van der Waals surface area contributed by atoms with Gasteiger partial charge in [-0.1, -0.05) is 364 Å². The molecule has 0 aliphatic carbocycles. The number of carbonyl (C=O) groups is 1. The van der Waals surface area contributed by atoms with Gasteiger partial charge in [0.05, 0.1) is 18.8 Å². The molecule has 0 aromatic heterocycles. The topological polar surface area (TPSA) is 69.6 Å². The molecule has 0 radical (unpaired) electrons. The van der Waals surface area contributed by atoms with Crippen molar-refractivity contribution in [2.75, 3.05) is 6.61 Å². The van der Waals surface area contributed by atoms with E-state index in [-0.39, 0.29) is 12.5 Å². The molecular weight excluding hydrogens is 915 g/mol. The lowest BCUT2D eigenvalue weighted by Crippen LogP contribution is -2.45. The summed E-state index contributed by atoms with van der Waals surface area (Å²) >= 11 is 0. The lowest BCUT2D eigenvalue weighted by atomic mass is 10.0. The van der Waals surface area contributed by atoms with Gasteiger partial charge in [0.1, 0.15) is 0 Å². The molecule has 0 bridgehead atoms. The van der Waals surface area contributed by atoms with Crippen molar-refractivity contribution in [3.63, 3.8) is 0 Å². The van der Waals surface area contributed by atoms with Gasteiger partial charge in [-0.15, -0.1) is 0 Å². The normalized spacial score (nSPS) is 13.1. The van der Waals surface area contributed by atoms with Gasteiger partial charge in [0.15, 0.2) is 0 Å². The maximum Gasteiger partial charge on any atom is 0.220 e. The Hall–Kier alpha value is -1.91. The monoisotopic (exact) mass is 1050 g/mol. The fraction of sp³-hybridized carbons (Fsp3) is 0.845. The van der Waals surface area contributed by atoms with E-state index in [0.717, 1.165) is 51.4 Å². The summed E-state index contributed by atoms with van der Waals surface area (Å²) in [6.45, 7) is 4.23. The zero-order chi connectivity index (χ0) is 54.1. The fourth-order valence-electron chi connectivity index (χ4n) is 10.6. The van der Waals surface area contributed by atoms with E-state index >= 15 is 0 Å². The molecule has 0 saturated carbocycles. The third-order valence-corrected chi connectivity index (χ3v) is 15.8. The van der Waals surface area contributed by atoms with Gasteiger partial charge < -0.3 is 15.5 Å². The second kappa shape index (κ2) is 66.4. The van der Waals surface area contributed by atoms with Crippen LogP contribution in [0.2, 0.25) is 0 Å². The van der Waals surface area contributed by atoms with Gasteiger partial charge in [0.2, 0.25) is 5.91 Å². The van der Waals surface area contributed by atoms with Crippen LogP contribution in [0, 0.1) is 0 Å². The lowest BCUT2D eigenvalue weighted by Gasteiger charge is -2.20. The quantitative estimate of drug-likeness (QED) is 0.0420. The van der Waals surface area contributed by atoms with E-state index in [0.29, 0.717) is 6.42 Å². The van der Waals surface area contributed by atoms with E-state index in [9.17, 15) is 15.0 Å². The van der Waals surface area contributed by atoms with E-state index in [4.69, 9.17) is 0 Å². The first-order valence-electron chi connectivity index (χ1n) is 34.0. The number of unbranched alkanes of at least 4 members (excludes halogenated alkanes) is 48. The van der Waals surface area contributed by atoms with E-state index in [1.54, 1.807) is 6.08 Å². The van der Waals surface area contributed by atoms with Crippen LogP contribution in [0.3, 0.4) is 0 Å². The molecule has 0 aliphatic rings. The van der Waals surface area contributed by atoms with Gasteiger partial charge in [-0.05, 0) is 57.8 Å². The molecule has 0 aliphatic heterocycles. The fourth-order valence-corrected chi connectivity index (χ4v) is 10.6. The Morgan fingerprint density at radius 3 is 0.880 bits per heavy atom. The maximum atomic E-state index is 12.5. The number of nitrogens with one attached hydrogen (secondary N) is 1. The van der Waals surface area contributed by atoms with Gasteiger partial charge in [-0.3, -0.25) is 4.79 Å². The predicted molar refractivity (Wildman–Crippen MR) is 336 cm³/mol. The van der Waals surface area contributed by atoms with Crippen molar-refractivity contribution in [1.82, 2.24) is 5.32 Å². The van der Waals surface area contributed by atoms with E-state index in [1.165, 1.54) is 295 Å². The highest BCUT2D eigenvalue weighted by atomic mass is 16.3. The van der Waals surface area contributed by atoms with Crippen molar-refractivity contribution < 1.29 is 15.0 Å². The van der Waals surface area contributed by atoms with Gasteiger partial charge in [0, 0.05) is 6.42 Å². The summed E-state index contributed by atoms with van der Waals surface area (Å²) in [6.07, 6.45) is 94.5. The van der Waals surface area contributed by atoms with Crippen LogP contribution < -0.4 is 5.32 Å². The van der Waals surface area contributed by atoms with E-state index < -0.39 is 12.1 Å². The van der Waals surface area contributed by atoms with Crippen molar-refractivity contribution in [1.29, 1.82) is 0 Å². The molecule has 2 unspecified atom stereocenters. The van der Waals surface area contributed by atoms with Crippen LogP contribution >= 0.6 is 0 Å². The smallest absolute Gasteiger partial charge is 0.220 e. The van der Waals surface area contributed by atoms with Gasteiger partial charge >= 0.3 is 0 Å². The Kier molecular flexibility index (Phi) is 64.7. The molecule has 0 heterocycles. The first-order chi connectivity index (χ1) is 37.2. The predicted octanol–water partition coefficient (Wildman–Crippen LogP) is 23.1. The second-order valence-corrected chi connectivity index (χ2v) is 23.2. The second-order valence-electron chi connectivity index (χ2n) is 23.2. The Labute approximate surface area is 470 Å². The molecule has 1 amide bonds. The summed E-state index contributed by atoms with van der Waals surface area (Å²) < 4.78 is 0. The minimum atomic E-state index is -0.839. The zero-order valence-electron chi connectivity index (χ0n) is 50.8. The van der Waals surface area contributed by atoms with Crippen LogP contribution in [0.25, 0.3) is 0 Å². The zero-order valence-corrected chi connectivity index (χ0v) is 50.8. The summed E-state index contributed by atoms with van der Waals surface area (Å²) in [4.78, 5) is 12.5. The molecule has 0 spiro atoms. The molecule has 3 N–H and O–H groups in total. The number of rotatable bonds is 63. The van der Waals surface area contributed by atoms with Crippen LogP contribution in [0.1, 0.15) is 367 Å². The number of allylic oxidation sites excluding steroid dienone is 9. The first kappa shape index (κ1) is 73.1. The van der Waals surface area contributed by atoms with Gasteiger partial charge in [-0.2, -0.15) is 0 Å². The summed E-state index contributed by atoms with van der Waals surface area (Å²) in [7, 11) is 0. The van der Waals surface area contributed by atoms with Crippen molar-refractivity contribution >= 4 is 5.91 Å². The number of aliphatic hydroxyl groups excluding tert-OH is 2. The minimum Gasteiger partial charge on any atom is -0.394 e. The summed E-state index contributed by atoms with van der Waals surface area (Å²) in [5, 5.41) is 23.3. The van der Waals surface area contributed by atoms with Crippen LogP contribution in [0.15, 0.2) is 60.8 Å². The Balaban J connectivity index is 3.39. The van der Waals surface area contributed by atoms with E-state index in [2.05, 4.69) is 67.8 Å². The maximum absolute atomic E-state index is 12.5. The highest BCUT2D eigenvalue weighted by molar-refractivity contribution is 5.76. The Bertz CT molecular complexity index is 1230. The average molecular weight is 1050 g/mol. The number of hydrogen-bond donors (Lipinski definition) is 3. The number of amides is 1. The van der Waals surface area contributed by atoms with Gasteiger partial charge in [-0.25, -0.2) is 0 Å². The molecule has 2 atom stereocenters. The molecular formula is C71H133NO3. The average Bonchev–Trinajstić information content (AvgIpc) is 3.41. The third-order valence-electron chi connectivity index (χ3n) is 15.8. The molecule has 4 nitrogen and oxygen atoms in total. The molecule has 440 valence electrons. The van der Waals surface area contributed by atoms with Crippen molar-refractivity contribution in [2.24, 2.45) is 0 Å². The minimum absolute atomic E-state index is 0.0564. The number of aliphatic hydroxyl groups is 2. The molecule has 75 heavy (non-hydrogen) atoms.